The van der Waals surface area contributed by atoms with Crippen LogP contribution in [0.2, 0.25) is 15.1 Å². The summed E-state index contributed by atoms with van der Waals surface area (Å²) in [6.45, 7) is 2.90. The number of likely N-dealkylation sites (N-methyl/N-ethyl adjacent to an activating group) is 1. The Morgan fingerprint density at radius 2 is 1.95 bits per heavy atom. The van der Waals surface area contributed by atoms with Crippen molar-refractivity contribution in [3.8, 4) is 0 Å². The summed E-state index contributed by atoms with van der Waals surface area (Å²) in [4.78, 5) is 4.37. The second-order valence-electron chi connectivity index (χ2n) is 4.43. The van der Waals surface area contributed by atoms with Gasteiger partial charge >= 0.3 is 0 Å². The fourth-order valence-electron chi connectivity index (χ4n) is 2.05. The Morgan fingerprint density at radius 1 is 1.15 bits per heavy atom. The maximum Gasteiger partial charge on any atom is 0.0625 e. The largest absolute Gasteiger partial charge is 0.309 e. The van der Waals surface area contributed by atoms with E-state index in [4.69, 9.17) is 34.8 Å². The standard InChI is InChI=1S/C15H15Cl3N2/c1-2-19-14(13-7-6-11(16)9-20-13)8-10-4-3-5-12(17)15(10)18/h3-7,9,14,19H,2,8H2,1H3. The van der Waals surface area contributed by atoms with E-state index >= 15 is 0 Å². The lowest BCUT2D eigenvalue weighted by atomic mass is 10.0. The lowest BCUT2D eigenvalue weighted by Gasteiger charge is -2.18. The number of benzene rings is 1. The molecule has 106 valence electrons. The van der Waals surface area contributed by atoms with E-state index in [1.807, 2.05) is 24.3 Å². The van der Waals surface area contributed by atoms with Gasteiger partial charge in [0.2, 0.25) is 0 Å². The van der Waals surface area contributed by atoms with Gasteiger partial charge in [-0.1, -0.05) is 53.9 Å². The Bertz CT molecular complexity index is 570. The van der Waals surface area contributed by atoms with Crippen molar-refractivity contribution in [2.75, 3.05) is 6.54 Å². The summed E-state index contributed by atoms with van der Waals surface area (Å²) in [6.07, 6.45) is 2.38. The van der Waals surface area contributed by atoms with E-state index in [-0.39, 0.29) is 6.04 Å². The highest BCUT2D eigenvalue weighted by Crippen LogP contribution is 2.29. The fourth-order valence-corrected chi connectivity index (χ4v) is 2.56. The Hall–Kier alpha value is -0.800. The van der Waals surface area contributed by atoms with E-state index in [0.717, 1.165) is 24.2 Å². The first kappa shape index (κ1) is 15.6. The average Bonchev–Trinajstić information content (AvgIpc) is 2.44. The van der Waals surface area contributed by atoms with E-state index in [9.17, 15) is 0 Å². The van der Waals surface area contributed by atoms with Gasteiger partial charge in [0, 0.05) is 6.20 Å². The molecule has 1 unspecified atom stereocenters. The number of halogens is 3. The second kappa shape index (κ2) is 7.28. The minimum Gasteiger partial charge on any atom is -0.309 e. The summed E-state index contributed by atoms with van der Waals surface area (Å²) < 4.78 is 0. The molecule has 0 aliphatic rings. The molecule has 0 radical (unpaired) electrons. The zero-order valence-electron chi connectivity index (χ0n) is 11.0. The highest BCUT2D eigenvalue weighted by atomic mass is 35.5. The molecule has 1 atom stereocenters. The van der Waals surface area contributed by atoms with Gasteiger partial charge < -0.3 is 5.32 Å². The van der Waals surface area contributed by atoms with E-state index < -0.39 is 0 Å². The van der Waals surface area contributed by atoms with Crippen molar-refractivity contribution in [1.29, 1.82) is 0 Å². The molecule has 1 heterocycles. The molecule has 0 amide bonds. The molecule has 20 heavy (non-hydrogen) atoms. The number of nitrogens with one attached hydrogen (secondary N) is 1. The van der Waals surface area contributed by atoms with Crippen molar-refractivity contribution < 1.29 is 0 Å². The van der Waals surface area contributed by atoms with Gasteiger partial charge in [-0.25, -0.2) is 0 Å². The van der Waals surface area contributed by atoms with Crippen LogP contribution in [0.25, 0.3) is 0 Å². The molecule has 0 aliphatic heterocycles. The molecular weight excluding hydrogens is 315 g/mol. The highest BCUT2D eigenvalue weighted by Gasteiger charge is 2.15. The third kappa shape index (κ3) is 3.86. The summed E-state index contributed by atoms with van der Waals surface area (Å²) in [6, 6.07) is 9.52. The number of aromatic nitrogens is 1. The first-order valence-electron chi connectivity index (χ1n) is 6.39. The smallest absolute Gasteiger partial charge is 0.0625 e. The molecule has 1 N–H and O–H groups in total. The molecule has 1 aromatic carbocycles. The fraction of sp³-hybridized carbons (Fsp3) is 0.267. The van der Waals surface area contributed by atoms with Crippen molar-refractivity contribution in [2.24, 2.45) is 0 Å². The summed E-state index contributed by atoms with van der Waals surface area (Å²) >= 11 is 18.2. The Labute approximate surface area is 134 Å². The number of hydrogen-bond acceptors (Lipinski definition) is 2. The molecule has 0 fully saturated rings. The van der Waals surface area contributed by atoms with Gasteiger partial charge in [0.25, 0.3) is 0 Å². The van der Waals surface area contributed by atoms with Crippen LogP contribution in [0.4, 0.5) is 0 Å². The van der Waals surface area contributed by atoms with Crippen LogP contribution in [-0.4, -0.2) is 11.5 Å². The Balaban J connectivity index is 2.25. The van der Waals surface area contributed by atoms with Crippen molar-refractivity contribution in [3.05, 3.63) is 62.9 Å². The van der Waals surface area contributed by atoms with Gasteiger partial charge in [-0.15, -0.1) is 0 Å². The third-order valence-electron chi connectivity index (χ3n) is 3.01. The average molecular weight is 330 g/mol. The Kier molecular flexibility index (Phi) is 5.67. The van der Waals surface area contributed by atoms with E-state index in [0.29, 0.717) is 15.1 Å². The van der Waals surface area contributed by atoms with Gasteiger partial charge in [0.15, 0.2) is 0 Å². The summed E-state index contributed by atoms with van der Waals surface area (Å²) in [7, 11) is 0. The zero-order chi connectivity index (χ0) is 14.5. The molecule has 2 aromatic rings. The summed E-state index contributed by atoms with van der Waals surface area (Å²) in [5.74, 6) is 0. The van der Waals surface area contributed by atoms with Crippen molar-refractivity contribution in [1.82, 2.24) is 10.3 Å². The summed E-state index contributed by atoms with van der Waals surface area (Å²) in [5, 5.41) is 5.21. The third-order valence-corrected chi connectivity index (χ3v) is 4.10. The van der Waals surface area contributed by atoms with Gasteiger partial charge in [-0.2, -0.15) is 0 Å². The van der Waals surface area contributed by atoms with Crippen molar-refractivity contribution in [2.45, 2.75) is 19.4 Å². The van der Waals surface area contributed by atoms with Crippen molar-refractivity contribution >= 4 is 34.8 Å². The number of nitrogens with zero attached hydrogens (tertiary/aromatic N) is 1. The van der Waals surface area contributed by atoms with E-state index in [1.54, 1.807) is 12.3 Å². The van der Waals surface area contributed by atoms with Crippen LogP contribution in [0, 0.1) is 0 Å². The summed E-state index contributed by atoms with van der Waals surface area (Å²) in [5.41, 5.74) is 1.94. The molecule has 5 heteroatoms. The van der Waals surface area contributed by atoms with Crippen LogP contribution in [0.5, 0.6) is 0 Å². The predicted octanol–water partition coefficient (Wildman–Crippen LogP) is 4.94. The lowest BCUT2D eigenvalue weighted by molar-refractivity contribution is 0.537. The molecule has 0 aliphatic carbocycles. The number of hydrogen-bond donors (Lipinski definition) is 1. The molecule has 2 rings (SSSR count). The van der Waals surface area contributed by atoms with Gasteiger partial charge in [-0.05, 0) is 36.7 Å². The molecule has 0 spiro atoms. The molecule has 2 nitrogen and oxygen atoms in total. The first-order valence-corrected chi connectivity index (χ1v) is 7.53. The van der Waals surface area contributed by atoms with Gasteiger partial charge in [-0.3, -0.25) is 4.98 Å². The van der Waals surface area contributed by atoms with Crippen LogP contribution < -0.4 is 5.32 Å². The number of rotatable bonds is 5. The molecule has 0 bridgehead atoms. The molecule has 0 saturated carbocycles. The highest BCUT2D eigenvalue weighted by molar-refractivity contribution is 6.42. The van der Waals surface area contributed by atoms with Crippen LogP contribution >= 0.6 is 34.8 Å². The number of pyridine rings is 1. The zero-order valence-corrected chi connectivity index (χ0v) is 13.3. The minimum absolute atomic E-state index is 0.0771. The topological polar surface area (TPSA) is 24.9 Å². The van der Waals surface area contributed by atoms with Crippen molar-refractivity contribution in [3.63, 3.8) is 0 Å². The SMILES string of the molecule is CCNC(Cc1cccc(Cl)c1Cl)c1ccc(Cl)cn1. The Morgan fingerprint density at radius 3 is 2.60 bits per heavy atom. The second-order valence-corrected chi connectivity index (χ2v) is 5.65. The minimum atomic E-state index is 0.0771. The van der Waals surface area contributed by atoms with E-state index in [2.05, 4.69) is 17.2 Å². The quantitative estimate of drug-likeness (QED) is 0.841. The van der Waals surface area contributed by atoms with Gasteiger partial charge in [0.05, 0.1) is 26.8 Å². The molecule has 0 saturated heterocycles. The molecule has 1 aromatic heterocycles. The van der Waals surface area contributed by atoms with Gasteiger partial charge in [0.1, 0.15) is 0 Å². The van der Waals surface area contributed by atoms with Crippen LogP contribution in [0.15, 0.2) is 36.5 Å². The van der Waals surface area contributed by atoms with Crippen LogP contribution in [-0.2, 0) is 6.42 Å². The first-order chi connectivity index (χ1) is 9.61. The lowest BCUT2D eigenvalue weighted by Crippen LogP contribution is -2.24. The molecular formula is C15H15Cl3N2. The van der Waals surface area contributed by atoms with Crippen LogP contribution in [0.1, 0.15) is 24.2 Å². The maximum atomic E-state index is 6.25. The van der Waals surface area contributed by atoms with Crippen LogP contribution in [0.3, 0.4) is 0 Å². The monoisotopic (exact) mass is 328 g/mol. The maximum absolute atomic E-state index is 6.25. The van der Waals surface area contributed by atoms with E-state index in [1.165, 1.54) is 0 Å². The predicted molar refractivity (Wildman–Crippen MR) is 85.8 cm³/mol. The normalized spacial score (nSPS) is 12.4.